The van der Waals surface area contributed by atoms with Gasteiger partial charge in [0.25, 0.3) is 0 Å². The summed E-state index contributed by atoms with van der Waals surface area (Å²) in [4.78, 5) is 1.35. The van der Waals surface area contributed by atoms with Gasteiger partial charge in [-0.1, -0.05) is 13.0 Å². The minimum atomic E-state index is 0.281. The number of ether oxygens (including phenoxy) is 1. The molecule has 0 amide bonds. The Kier molecular flexibility index (Phi) is 5.15. The zero-order chi connectivity index (χ0) is 10.4. The van der Waals surface area contributed by atoms with Gasteiger partial charge in [0, 0.05) is 11.5 Å². The van der Waals surface area contributed by atoms with Gasteiger partial charge in [-0.25, -0.2) is 0 Å². The Bertz CT molecular complexity index is 235. The van der Waals surface area contributed by atoms with Crippen molar-refractivity contribution in [1.82, 2.24) is 5.32 Å². The van der Waals surface area contributed by atoms with Crippen molar-refractivity contribution in [2.45, 2.75) is 32.4 Å². The fourth-order valence-electron chi connectivity index (χ4n) is 1.64. The number of hydrogen-bond donors (Lipinski definition) is 1. The second-order valence-electron chi connectivity index (χ2n) is 3.18. The average Bonchev–Trinajstić information content (AvgIpc) is 2.71. The quantitative estimate of drug-likeness (QED) is 0.784. The molecule has 80 valence electrons. The van der Waals surface area contributed by atoms with Gasteiger partial charge in [-0.05, 0) is 31.8 Å². The van der Waals surface area contributed by atoms with Crippen LogP contribution in [0.15, 0.2) is 17.5 Å². The van der Waals surface area contributed by atoms with Crippen molar-refractivity contribution >= 4 is 11.3 Å². The lowest BCUT2D eigenvalue weighted by molar-refractivity contribution is 0.0343. The van der Waals surface area contributed by atoms with Crippen molar-refractivity contribution < 1.29 is 4.74 Å². The molecule has 0 spiro atoms. The molecule has 14 heavy (non-hydrogen) atoms. The number of thiophene rings is 1. The van der Waals surface area contributed by atoms with Crippen molar-refractivity contribution in [3.8, 4) is 0 Å². The lowest BCUT2D eigenvalue weighted by Gasteiger charge is -2.24. The van der Waals surface area contributed by atoms with Gasteiger partial charge in [0.05, 0.1) is 12.1 Å². The Balaban J connectivity index is 2.68. The highest BCUT2D eigenvalue weighted by molar-refractivity contribution is 7.10. The van der Waals surface area contributed by atoms with Crippen LogP contribution >= 0.6 is 11.3 Å². The second kappa shape index (κ2) is 6.17. The van der Waals surface area contributed by atoms with Gasteiger partial charge in [0.15, 0.2) is 0 Å². The molecule has 0 saturated heterocycles. The normalized spacial score (nSPS) is 15.4. The molecule has 0 aromatic carbocycles. The minimum absolute atomic E-state index is 0.281. The molecule has 2 nitrogen and oxygen atoms in total. The van der Waals surface area contributed by atoms with Crippen LogP contribution in [-0.2, 0) is 4.74 Å². The van der Waals surface area contributed by atoms with Crippen molar-refractivity contribution in [2.24, 2.45) is 0 Å². The maximum Gasteiger partial charge on any atom is 0.0774 e. The van der Waals surface area contributed by atoms with Crippen LogP contribution < -0.4 is 5.32 Å². The summed E-state index contributed by atoms with van der Waals surface area (Å²) in [6.45, 7) is 4.99. The van der Waals surface area contributed by atoms with Crippen LogP contribution in [0.25, 0.3) is 0 Å². The molecule has 1 rings (SSSR count). The van der Waals surface area contributed by atoms with E-state index in [1.807, 2.05) is 14.0 Å². The van der Waals surface area contributed by atoms with Crippen LogP contribution in [0, 0.1) is 0 Å². The molecule has 1 N–H and O–H groups in total. The first-order valence-electron chi connectivity index (χ1n) is 5.15. The summed E-state index contributed by atoms with van der Waals surface area (Å²) >= 11 is 1.78. The Morgan fingerprint density at radius 3 is 2.71 bits per heavy atom. The highest BCUT2D eigenvalue weighted by Crippen LogP contribution is 2.25. The lowest BCUT2D eigenvalue weighted by Crippen LogP contribution is -2.30. The molecule has 1 aromatic heterocycles. The van der Waals surface area contributed by atoms with Crippen molar-refractivity contribution in [3.63, 3.8) is 0 Å². The molecule has 1 aromatic rings. The smallest absolute Gasteiger partial charge is 0.0774 e. The van der Waals surface area contributed by atoms with Gasteiger partial charge in [0.2, 0.25) is 0 Å². The summed E-state index contributed by atoms with van der Waals surface area (Å²) in [6, 6.07) is 4.58. The van der Waals surface area contributed by atoms with Crippen LogP contribution in [0.3, 0.4) is 0 Å². The van der Waals surface area contributed by atoms with E-state index in [0.29, 0.717) is 6.04 Å². The lowest BCUT2D eigenvalue weighted by atomic mass is 10.1. The summed E-state index contributed by atoms with van der Waals surface area (Å²) in [5.74, 6) is 0. The van der Waals surface area contributed by atoms with Gasteiger partial charge in [0.1, 0.15) is 0 Å². The summed E-state index contributed by atoms with van der Waals surface area (Å²) < 4.78 is 5.71. The average molecular weight is 213 g/mol. The van der Waals surface area contributed by atoms with Crippen LogP contribution in [0.5, 0.6) is 0 Å². The van der Waals surface area contributed by atoms with E-state index >= 15 is 0 Å². The fraction of sp³-hybridized carbons (Fsp3) is 0.636. The maximum absolute atomic E-state index is 5.71. The van der Waals surface area contributed by atoms with Crippen LogP contribution in [0.4, 0.5) is 0 Å². The predicted octanol–water partition coefficient (Wildman–Crippen LogP) is 2.82. The molecule has 0 aliphatic carbocycles. The van der Waals surface area contributed by atoms with E-state index in [1.54, 1.807) is 11.3 Å². The molecule has 0 bridgehead atoms. The van der Waals surface area contributed by atoms with Gasteiger partial charge >= 0.3 is 0 Å². The Morgan fingerprint density at radius 2 is 2.29 bits per heavy atom. The first-order valence-corrected chi connectivity index (χ1v) is 6.03. The summed E-state index contributed by atoms with van der Waals surface area (Å²) in [6.07, 6.45) is 1.32. The van der Waals surface area contributed by atoms with Gasteiger partial charge in [-0.2, -0.15) is 0 Å². The monoisotopic (exact) mass is 213 g/mol. The first-order chi connectivity index (χ1) is 6.83. The van der Waals surface area contributed by atoms with Gasteiger partial charge in [-0.15, -0.1) is 11.3 Å². The van der Waals surface area contributed by atoms with E-state index in [-0.39, 0.29) is 6.10 Å². The molecule has 1 heterocycles. The first kappa shape index (κ1) is 11.7. The third kappa shape index (κ3) is 2.80. The Labute approximate surface area is 90.3 Å². The Morgan fingerprint density at radius 1 is 1.50 bits per heavy atom. The molecule has 2 unspecified atom stereocenters. The molecule has 0 fully saturated rings. The zero-order valence-electron chi connectivity index (χ0n) is 9.12. The van der Waals surface area contributed by atoms with E-state index < -0.39 is 0 Å². The van der Waals surface area contributed by atoms with Crippen molar-refractivity contribution in [3.05, 3.63) is 22.4 Å². The van der Waals surface area contributed by atoms with Crippen LogP contribution in [0.1, 0.15) is 31.2 Å². The molecule has 0 aliphatic rings. The highest BCUT2D eigenvalue weighted by atomic mass is 32.1. The van der Waals surface area contributed by atoms with Gasteiger partial charge in [-0.3, -0.25) is 0 Å². The SMILES string of the molecule is CCOC(CC)C(NC)c1cccs1. The maximum atomic E-state index is 5.71. The predicted molar refractivity (Wildman–Crippen MR) is 61.8 cm³/mol. The summed E-state index contributed by atoms with van der Waals surface area (Å²) in [5, 5.41) is 5.44. The van der Waals surface area contributed by atoms with E-state index in [2.05, 4.69) is 29.8 Å². The molecule has 0 radical (unpaired) electrons. The largest absolute Gasteiger partial charge is 0.377 e. The van der Waals surface area contributed by atoms with E-state index in [9.17, 15) is 0 Å². The van der Waals surface area contributed by atoms with E-state index in [0.717, 1.165) is 13.0 Å². The Hall–Kier alpha value is -0.380. The highest BCUT2D eigenvalue weighted by Gasteiger charge is 2.20. The molecule has 0 saturated carbocycles. The third-order valence-electron chi connectivity index (χ3n) is 2.32. The second-order valence-corrected chi connectivity index (χ2v) is 4.16. The standard InChI is InChI=1S/C11H19NOS/c1-4-9(13-5-2)11(12-3)10-7-6-8-14-10/h6-9,11-12H,4-5H2,1-3H3. The number of likely N-dealkylation sites (N-methyl/N-ethyl adjacent to an activating group) is 1. The van der Waals surface area contributed by atoms with Crippen LogP contribution in [-0.4, -0.2) is 19.8 Å². The number of hydrogen-bond acceptors (Lipinski definition) is 3. The van der Waals surface area contributed by atoms with Crippen molar-refractivity contribution in [2.75, 3.05) is 13.7 Å². The molecule has 0 aliphatic heterocycles. The number of nitrogens with one attached hydrogen (secondary N) is 1. The van der Waals surface area contributed by atoms with Crippen molar-refractivity contribution in [1.29, 1.82) is 0 Å². The zero-order valence-corrected chi connectivity index (χ0v) is 9.93. The molecule has 2 atom stereocenters. The van der Waals surface area contributed by atoms with E-state index in [1.165, 1.54) is 4.88 Å². The third-order valence-corrected chi connectivity index (χ3v) is 3.27. The molecule has 3 heteroatoms. The fourth-order valence-corrected chi connectivity index (χ4v) is 2.53. The summed E-state index contributed by atoms with van der Waals surface area (Å²) in [7, 11) is 1.99. The topological polar surface area (TPSA) is 21.3 Å². The molecular weight excluding hydrogens is 194 g/mol. The van der Waals surface area contributed by atoms with Crippen LogP contribution in [0.2, 0.25) is 0 Å². The summed E-state index contributed by atoms with van der Waals surface area (Å²) in [5.41, 5.74) is 0. The van der Waals surface area contributed by atoms with Gasteiger partial charge < -0.3 is 10.1 Å². The van der Waals surface area contributed by atoms with E-state index in [4.69, 9.17) is 4.74 Å². The number of rotatable bonds is 6. The minimum Gasteiger partial charge on any atom is -0.377 e. The molecular formula is C11H19NOS.